The summed E-state index contributed by atoms with van der Waals surface area (Å²) < 4.78 is 4.85. The minimum atomic E-state index is -0.165. The molecular weight excluding hydrogens is 360 g/mol. The van der Waals surface area contributed by atoms with Crippen molar-refractivity contribution in [1.29, 1.82) is 0 Å². The molecule has 3 heteroatoms. The van der Waals surface area contributed by atoms with E-state index in [-0.39, 0.29) is 11.4 Å². The Morgan fingerprint density at radius 1 is 1.14 bits per heavy atom. The van der Waals surface area contributed by atoms with Gasteiger partial charge in [-0.05, 0) is 91.8 Å². The second-order valence-electron chi connectivity index (χ2n) is 11.7. The van der Waals surface area contributed by atoms with E-state index in [4.69, 9.17) is 4.74 Å². The first-order chi connectivity index (χ1) is 13.7. The molecule has 4 rings (SSSR count). The molecule has 4 saturated carbocycles. The topological polar surface area (TPSA) is 43.4 Å². The minimum absolute atomic E-state index is 0.121. The second kappa shape index (κ2) is 7.68. The summed E-state index contributed by atoms with van der Waals surface area (Å²) >= 11 is 0. The highest BCUT2D eigenvalue weighted by Crippen LogP contribution is 2.67. The first-order valence-electron chi connectivity index (χ1n) is 12.3. The molecule has 0 aromatic carbocycles. The first kappa shape index (κ1) is 21.4. The average molecular weight is 403 g/mol. The zero-order valence-electron chi connectivity index (χ0n) is 19.3. The van der Waals surface area contributed by atoms with E-state index in [1.54, 1.807) is 0 Å². The Labute approximate surface area is 177 Å². The Morgan fingerprint density at radius 3 is 2.62 bits per heavy atom. The number of hydrogen-bond acceptors (Lipinski definition) is 3. The van der Waals surface area contributed by atoms with Crippen LogP contribution in [-0.4, -0.2) is 18.9 Å². The molecule has 3 nitrogen and oxygen atoms in total. The van der Waals surface area contributed by atoms with Crippen LogP contribution in [0.2, 0.25) is 0 Å². The van der Waals surface area contributed by atoms with Crippen molar-refractivity contribution in [1.82, 2.24) is 0 Å². The van der Waals surface area contributed by atoms with Crippen molar-refractivity contribution in [2.75, 3.05) is 7.11 Å². The number of esters is 1. The van der Waals surface area contributed by atoms with Crippen LogP contribution >= 0.6 is 0 Å². The lowest BCUT2D eigenvalue weighted by Gasteiger charge is -2.60. The molecule has 4 aliphatic rings. The van der Waals surface area contributed by atoms with E-state index >= 15 is 0 Å². The predicted molar refractivity (Wildman–Crippen MR) is 115 cm³/mol. The van der Waals surface area contributed by atoms with Crippen molar-refractivity contribution >= 4 is 11.8 Å². The Morgan fingerprint density at radius 2 is 1.90 bits per heavy atom. The van der Waals surface area contributed by atoms with Crippen molar-refractivity contribution in [2.24, 2.45) is 52.3 Å². The van der Waals surface area contributed by atoms with Crippen molar-refractivity contribution in [3.05, 3.63) is 0 Å². The molecular formula is C26H42O3. The summed E-state index contributed by atoms with van der Waals surface area (Å²) in [5.41, 5.74) is 0.225. The van der Waals surface area contributed by atoms with Gasteiger partial charge < -0.3 is 4.74 Å². The maximum absolute atomic E-state index is 13.8. The van der Waals surface area contributed by atoms with E-state index in [0.717, 1.165) is 37.0 Å². The molecule has 0 aromatic heterocycles. The summed E-state index contributed by atoms with van der Waals surface area (Å²) in [7, 11) is 1.47. The van der Waals surface area contributed by atoms with E-state index in [2.05, 4.69) is 27.7 Å². The third-order valence-electron chi connectivity index (χ3n) is 10.6. The van der Waals surface area contributed by atoms with Crippen LogP contribution in [-0.2, 0) is 14.3 Å². The SMILES string of the molecule is COC(=O)CC[C@@H](C)[C@H]1CC[C@H]2[C@@H]3CC[C@@H]4C[C@H](C)CC[C@]4(C)[C@H]3CC(=O)[C@]12C. The highest BCUT2D eigenvalue weighted by Gasteiger charge is 2.63. The lowest BCUT2D eigenvalue weighted by Crippen LogP contribution is -2.57. The number of ether oxygens (including phenoxy) is 1. The van der Waals surface area contributed by atoms with Gasteiger partial charge in [0.1, 0.15) is 5.78 Å². The van der Waals surface area contributed by atoms with Gasteiger partial charge in [-0.25, -0.2) is 0 Å². The minimum Gasteiger partial charge on any atom is -0.469 e. The third-order valence-corrected chi connectivity index (χ3v) is 10.6. The number of methoxy groups -OCH3 is 1. The highest BCUT2D eigenvalue weighted by molar-refractivity contribution is 5.87. The number of fused-ring (bicyclic) bond motifs is 5. The van der Waals surface area contributed by atoms with Crippen molar-refractivity contribution in [3.8, 4) is 0 Å². The molecule has 0 bridgehead atoms. The van der Waals surface area contributed by atoms with Gasteiger partial charge in [0.15, 0.2) is 0 Å². The third kappa shape index (κ3) is 3.30. The first-order valence-corrected chi connectivity index (χ1v) is 12.3. The number of Topliss-reactive ketones (excluding diaryl/α,β-unsaturated/α-hetero) is 1. The Balaban J connectivity index is 1.54. The largest absolute Gasteiger partial charge is 0.469 e. The number of carbonyl (C=O) groups excluding carboxylic acids is 2. The standard InChI is InChI=1S/C26H42O3/c1-16-12-13-25(3)18(14-16)7-8-19-21-10-9-20(17(2)6-11-24(28)29-5)26(21,4)23(27)15-22(19)25/h16-22H,6-15H2,1-5H3/t16-,17-,18-,19+,20-,21+,22+,25+,26-/m1/s1. The molecule has 0 radical (unpaired) electrons. The van der Waals surface area contributed by atoms with Crippen molar-refractivity contribution in [3.63, 3.8) is 0 Å². The maximum atomic E-state index is 13.8. The monoisotopic (exact) mass is 402 g/mol. The highest BCUT2D eigenvalue weighted by atomic mass is 16.5. The van der Waals surface area contributed by atoms with Crippen LogP contribution in [0.5, 0.6) is 0 Å². The molecule has 29 heavy (non-hydrogen) atoms. The molecule has 4 aliphatic carbocycles. The molecule has 0 aromatic rings. The molecule has 0 N–H and O–H groups in total. The normalized spacial score (nSPS) is 47.7. The van der Waals surface area contributed by atoms with Crippen LogP contribution in [0.25, 0.3) is 0 Å². The van der Waals surface area contributed by atoms with Gasteiger partial charge in [-0.1, -0.05) is 34.1 Å². The van der Waals surface area contributed by atoms with Gasteiger partial charge in [0.05, 0.1) is 7.11 Å². The van der Waals surface area contributed by atoms with Gasteiger partial charge in [-0.2, -0.15) is 0 Å². The van der Waals surface area contributed by atoms with Crippen molar-refractivity contribution in [2.45, 2.75) is 91.9 Å². The van der Waals surface area contributed by atoms with E-state index in [1.807, 2.05) is 0 Å². The molecule has 164 valence electrons. The molecule has 0 amide bonds. The number of ketones is 1. The lowest BCUT2D eigenvalue weighted by atomic mass is 9.43. The summed E-state index contributed by atoms with van der Waals surface area (Å²) in [5, 5.41) is 0. The van der Waals surface area contributed by atoms with E-state index in [1.165, 1.54) is 45.6 Å². The summed E-state index contributed by atoms with van der Waals surface area (Å²) in [6.45, 7) is 9.54. The quantitative estimate of drug-likeness (QED) is 0.538. The Kier molecular flexibility index (Phi) is 5.66. The second-order valence-corrected chi connectivity index (χ2v) is 11.7. The predicted octanol–water partition coefficient (Wildman–Crippen LogP) is 6.05. The fourth-order valence-electron chi connectivity index (χ4n) is 8.77. The summed E-state index contributed by atoms with van der Waals surface area (Å²) in [6.07, 6.45) is 11.3. The Hall–Kier alpha value is -0.860. The van der Waals surface area contributed by atoms with Crippen LogP contribution in [0.4, 0.5) is 0 Å². The smallest absolute Gasteiger partial charge is 0.305 e. The van der Waals surface area contributed by atoms with Crippen LogP contribution in [0.1, 0.15) is 91.9 Å². The number of hydrogen-bond donors (Lipinski definition) is 0. The van der Waals surface area contributed by atoms with Crippen LogP contribution < -0.4 is 0 Å². The summed E-state index contributed by atoms with van der Waals surface area (Å²) in [4.78, 5) is 25.4. The Bertz CT molecular complexity index is 656. The van der Waals surface area contributed by atoms with Gasteiger partial charge in [0.2, 0.25) is 0 Å². The van der Waals surface area contributed by atoms with Gasteiger partial charge in [0.25, 0.3) is 0 Å². The molecule has 0 spiro atoms. The van der Waals surface area contributed by atoms with Gasteiger partial charge in [-0.15, -0.1) is 0 Å². The van der Waals surface area contributed by atoms with Crippen molar-refractivity contribution < 1.29 is 14.3 Å². The van der Waals surface area contributed by atoms with Crippen LogP contribution in [0.15, 0.2) is 0 Å². The zero-order valence-corrected chi connectivity index (χ0v) is 19.3. The average Bonchev–Trinajstić information content (AvgIpc) is 3.06. The van der Waals surface area contributed by atoms with Crippen LogP contribution in [0, 0.1) is 52.3 Å². The van der Waals surface area contributed by atoms with Gasteiger partial charge in [0, 0.05) is 18.3 Å². The maximum Gasteiger partial charge on any atom is 0.305 e. The molecule has 0 saturated heterocycles. The summed E-state index contributed by atoms with van der Waals surface area (Å²) in [5.74, 6) is 4.89. The molecule has 0 heterocycles. The van der Waals surface area contributed by atoms with E-state index in [0.29, 0.717) is 41.3 Å². The lowest BCUT2D eigenvalue weighted by molar-refractivity contribution is -0.158. The van der Waals surface area contributed by atoms with E-state index in [9.17, 15) is 9.59 Å². The molecule has 0 unspecified atom stereocenters. The molecule has 9 atom stereocenters. The fraction of sp³-hybridized carbons (Fsp3) is 0.923. The van der Waals surface area contributed by atoms with Gasteiger partial charge in [-0.3, -0.25) is 9.59 Å². The number of rotatable bonds is 4. The molecule has 4 fully saturated rings. The summed E-state index contributed by atoms with van der Waals surface area (Å²) in [6, 6.07) is 0. The molecule has 0 aliphatic heterocycles. The van der Waals surface area contributed by atoms with E-state index < -0.39 is 0 Å². The fourth-order valence-corrected chi connectivity index (χ4v) is 8.77. The van der Waals surface area contributed by atoms with Gasteiger partial charge >= 0.3 is 5.97 Å². The number of carbonyl (C=O) groups is 2. The van der Waals surface area contributed by atoms with Crippen LogP contribution in [0.3, 0.4) is 0 Å². The zero-order chi connectivity index (χ0) is 21.0.